The topological polar surface area (TPSA) is 143 Å². The van der Waals surface area contributed by atoms with Gasteiger partial charge in [0.1, 0.15) is 22.6 Å². The quantitative estimate of drug-likeness (QED) is 0.319. The molecule has 1 atom stereocenters. The van der Waals surface area contributed by atoms with Crippen molar-refractivity contribution >= 4 is 33.2 Å². The maximum absolute atomic E-state index is 13.0. The van der Waals surface area contributed by atoms with E-state index in [1.54, 1.807) is 31.2 Å². The van der Waals surface area contributed by atoms with Gasteiger partial charge in [-0.3, -0.25) is 9.78 Å². The number of H-pyrrole nitrogens is 1. The monoisotopic (exact) mass is 548 g/mol. The summed E-state index contributed by atoms with van der Waals surface area (Å²) in [5, 5.41) is 13.9. The van der Waals surface area contributed by atoms with Gasteiger partial charge >= 0.3 is 5.69 Å². The summed E-state index contributed by atoms with van der Waals surface area (Å²) in [6.07, 6.45) is 0.915. The van der Waals surface area contributed by atoms with Crippen LogP contribution in [0.1, 0.15) is 18.5 Å². The Morgan fingerprint density at radius 3 is 2.36 bits per heavy atom. The third-order valence-corrected chi connectivity index (χ3v) is 7.14. The van der Waals surface area contributed by atoms with Gasteiger partial charge in [-0.05, 0) is 36.8 Å². The molecule has 0 amide bonds. The zero-order valence-electron chi connectivity index (χ0n) is 18.5. The number of aromatic nitrogens is 3. The first kappa shape index (κ1) is 25.5. The van der Waals surface area contributed by atoms with Crippen molar-refractivity contribution < 1.29 is 18.3 Å². The molecule has 36 heavy (non-hydrogen) atoms. The number of hydrogen-bond donors (Lipinski definition) is 3. The summed E-state index contributed by atoms with van der Waals surface area (Å²) in [6.45, 7) is 1.67. The van der Waals surface area contributed by atoms with Crippen molar-refractivity contribution in [2.75, 3.05) is 0 Å². The average Bonchev–Trinajstić information content (AvgIpc) is 2.82. The van der Waals surface area contributed by atoms with Gasteiger partial charge in [-0.15, -0.1) is 0 Å². The third-order valence-electron chi connectivity index (χ3n) is 5.01. The molecule has 0 aliphatic heterocycles. The van der Waals surface area contributed by atoms with Crippen LogP contribution >= 0.6 is 23.2 Å². The molecule has 0 saturated heterocycles. The van der Waals surface area contributed by atoms with E-state index >= 15 is 0 Å². The van der Waals surface area contributed by atoms with Gasteiger partial charge in [0.05, 0.1) is 15.7 Å². The Hall–Kier alpha value is -3.64. The Labute approximate surface area is 214 Å². The molecule has 0 saturated carbocycles. The van der Waals surface area contributed by atoms with Crippen LogP contribution in [0.15, 0.2) is 81.3 Å². The summed E-state index contributed by atoms with van der Waals surface area (Å²) >= 11 is 12.6. The highest BCUT2D eigenvalue weighted by Crippen LogP contribution is 2.39. The van der Waals surface area contributed by atoms with E-state index < -0.39 is 38.0 Å². The second-order valence-electron chi connectivity index (χ2n) is 7.57. The largest absolute Gasteiger partial charge is 0.507 e. The number of hydrogen-bond acceptors (Lipinski definition) is 7. The van der Waals surface area contributed by atoms with E-state index in [2.05, 4.69) is 14.8 Å². The molecule has 186 valence electrons. The van der Waals surface area contributed by atoms with Crippen LogP contribution in [0.5, 0.6) is 17.2 Å². The van der Waals surface area contributed by atoms with Crippen LogP contribution in [-0.4, -0.2) is 28.3 Å². The lowest BCUT2D eigenvalue weighted by molar-refractivity contribution is 0.447. The summed E-state index contributed by atoms with van der Waals surface area (Å²) in [7, 11) is -4.15. The molecule has 10 nitrogen and oxygen atoms in total. The molecule has 0 fully saturated rings. The van der Waals surface area contributed by atoms with Gasteiger partial charge in [-0.25, -0.2) is 17.9 Å². The number of phenols is 1. The molecule has 0 aliphatic carbocycles. The van der Waals surface area contributed by atoms with Gasteiger partial charge in [0.25, 0.3) is 5.56 Å². The summed E-state index contributed by atoms with van der Waals surface area (Å²) in [5.74, 6) is -0.484. The van der Waals surface area contributed by atoms with Crippen molar-refractivity contribution in [1.29, 1.82) is 0 Å². The predicted molar refractivity (Wildman–Crippen MR) is 134 cm³/mol. The fourth-order valence-corrected chi connectivity index (χ4v) is 5.20. The Morgan fingerprint density at radius 1 is 1.06 bits per heavy atom. The lowest BCUT2D eigenvalue weighted by Crippen LogP contribution is -2.30. The zero-order chi connectivity index (χ0) is 26.0. The SMILES string of the molecule is C[C@@H](NS(=O)(=O)c1cc(Oc2c(Cl)cc(-n3ncc(=O)[nH]c3=O)cc2Cl)ccc1O)c1ccccc1. The number of nitrogens with one attached hydrogen (secondary N) is 2. The molecule has 0 bridgehead atoms. The molecule has 0 radical (unpaired) electrons. The van der Waals surface area contributed by atoms with Crippen LogP contribution in [0.3, 0.4) is 0 Å². The number of aromatic hydroxyl groups is 1. The Bertz CT molecular complexity index is 1630. The van der Waals surface area contributed by atoms with Gasteiger partial charge in [0, 0.05) is 12.1 Å². The lowest BCUT2D eigenvalue weighted by Gasteiger charge is -2.16. The van der Waals surface area contributed by atoms with E-state index in [1.807, 2.05) is 6.07 Å². The molecule has 0 unspecified atom stereocenters. The third kappa shape index (κ3) is 5.44. The second-order valence-corrected chi connectivity index (χ2v) is 10.1. The van der Waals surface area contributed by atoms with Crippen LogP contribution in [-0.2, 0) is 10.0 Å². The lowest BCUT2D eigenvalue weighted by atomic mass is 10.1. The van der Waals surface area contributed by atoms with Crippen molar-refractivity contribution in [3.63, 3.8) is 0 Å². The molecule has 13 heteroatoms. The van der Waals surface area contributed by atoms with E-state index in [4.69, 9.17) is 27.9 Å². The molecule has 1 heterocycles. The van der Waals surface area contributed by atoms with Gasteiger partial charge in [0.15, 0.2) is 5.75 Å². The van der Waals surface area contributed by atoms with Crippen molar-refractivity contribution in [2.45, 2.75) is 17.9 Å². The second kappa shape index (κ2) is 10.2. The maximum Gasteiger partial charge on any atom is 0.349 e. The van der Waals surface area contributed by atoms with Crippen LogP contribution < -0.4 is 20.7 Å². The molecule has 3 N–H and O–H groups in total. The Balaban J connectivity index is 1.63. The summed E-state index contributed by atoms with van der Waals surface area (Å²) in [5.41, 5.74) is -0.567. The zero-order valence-corrected chi connectivity index (χ0v) is 20.8. The van der Waals surface area contributed by atoms with E-state index in [0.717, 1.165) is 28.6 Å². The number of rotatable bonds is 7. The highest BCUT2D eigenvalue weighted by atomic mass is 35.5. The first-order valence-corrected chi connectivity index (χ1v) is 12.6. The van der Waals surface area contributed by atoms with Crippen molar-refractivity contribution in [1.82, 2.24) is 19.5 Å². The molecular formula is C23H18Cl2N4O6S. The molecular weight excluding hydrogens is 531 g/mol. The maximum atomic E-state index is 13.0. The minimum Gasteiger partial charge on any atom is -0.507 e. The van der Waals surface area contributed by atoms with Gasteiger partial charge in [0.2, 0.25) is 10.0 Å². The predicted octanol–water partition coefficient (Wildman–Crippen LogP) is 3.77. The number of halogens is 2. The summed E-state index contributed by atoms with van der Waals surface area (Å²) in [4.78, 5) is 24.9. The summed E-state index contributed by atoms with van der Waals surface area (Å²) < 4.78 is 35.1. The fourth-order valence-electron chi connectivity index (χ4n) is 3.30. The standard InChI is InChI=1S/C23H18Cl2N4O6S/c1-13(14-5-3-2-4-6-14)28-36(33,34)20-11-16(7-8-19(20)30)35-22-17(24)9-15(10-18(22)25)29-23(32)27-21(31)12-26-29/h2-13,28,30H,1H3,(H,27,31,32)/t13-/m1/s1. The number of sulfonamides is 1. The number of nitrogens with zero attached hydrogens (tertiary/aromatic N) is 2. The Morgan fingerprint density at radius 2 is 1.72 bits per heavy atom. The van der Waals surface area contributed by atoms with Crippen molar-refractivity contribution in [3.05, 3.63) is 103 Å². The molecule has 3 aromatic carbocycles. The van der Waals surface area contributed by atoms with Gasteiger partial charge in [-0.2, -0.15) is 9.78 Å². The van der Waals surface area contributed by atoms with Gasteiger partial charge < -0.3 is 9.84 Å². The number of benzene rings is 3. The van der Waals surface area contributed by atoms with Gasteiger partial charge in [-0.1, -0.05) is 53.5 Å². The molecule has 0 aliphatic rings. The van der Waals surface area contributed by atoms with E-state index in [1.165, 1.54) is 18.2 Å². The highest BCUT2D eigenvalue weighted by molar-refractivity contribution is 7.89. The number of ether oxygens (including phenoxy) is 1. The normalized spacial score (nSPS) is 12.3. The Kier molecular flexibility index (Phi) is 7.18. The van der Waals surface area contributed by atoms with E-state index in [9.17, 15) is 23.1 Å². The molecule has 0 spiro atoms. The number of aromatic amines is 1. The summed E-state index contributed by atoms with van der Waals surface area (Å²) in [6, 6.07) is 14.7. The average molecular weight is 549 g/mol. The van der Waals surface area contributed by atoms with Crippen molar-refractivity contribution in [2.24, 2.45) is 0 Å². The number of phenolic OH excluding ortho intramolecular Hbond substituents is 1. The first-order valence-electron chi connectivity index (χ1n) is 10.3. The van der Waals surface area contributed by atoms with E-state index in [0.29, 0.717) is 0 Å². The highest BCUT2D eigenvalue weighted by Gasteiger charge is 2.23. The van der Waals surface area contributed by atoms with Crippen molar-refractivity contribution in [3.8, 4) is 22.9 Å². The van der Waals surface area contributed by atoms with Crippen LogP contribution in [0.2, 0.25) is 10.0 Å². The van der Waals surface area contributed by atoms with Crippen LogP contribution in [0.25, 0.3) is 5.69 Å². The smallest absolute Gasteiger partial charge is 0.349 e. The molecule has 1 aromatic heterocycles. The minimum absolute atomic E-state index is 0.0225. The molecule has 4 rings (SSSR count). The van der Waals surface area contributed by atoms with E-state index in [-0.39, 0.29) is 27.2 Å². The van der Waals surface area contributed by atoms with Crippen LogP contribution in [0, 0.1) is 0 Å². The van der Waals surface area contributed by atoms with Crippen LogP contribution in [0.4, 0.5) is 0 Å². The molecule has 4 aromatic rings. The fraction of sp³-hybridized carbons (Fsp3) is 0.0870. The first-order chi connectivity index (χ1) is 17.0. The minimum atomic E-state index is -4.15.